The summed E-state index contributed by atoms with van der Waals surface area (Å²) in [6.07, 6.45) is 2.30. The van der Waals surface area contributed by atoms with Gasteiger partial charge in [0, 0.05) is 18.3 Å². The first kappa shape index (κ1) is 17.0. The minimum absolute atomic E-state index is 0.0735. The van der Waals surface area contributed by atoms with Gasteiger partial charge in [-0.05, 0) is 51.3 Å². The van der Waals surface area contributed by atoms with Gasteiger partial charge in [0.1, 0.15) is 18.0 Å². The molecule has 1 saturated carbocycles. The van der Waals surface area contributed by atoms with Crippen LogP contribution in [-0.2, 0) is 6.54 Å². The third-order valence-electron chi connectivity index (χ3n) is 4.66. The van der Waals surface area contributed by atoms with Gasteiger partial charge in [-0.2, -0.15) is 5.10 Å². The summed E-state index contributed by atoms with van der Waals surface area (Å²) >= 11 is 0. The second-order valence-corrected chi connectivity index (χ2v) is 6.60. The fourth-order valence-electron chi connectivity index (χ4n) is 3.42. The number of aromatic nitrogens is 2. The molecule has 0 spiro atoms. The van der Waals surface area contributed by atoms with E-state index in [2.05, 4.69) is 23.4 Å². The van der Waals surface area contributed by atoms with E-state index < -0.39 is 6.10 Å². The maximum atomic E-state index is 10.6. The van der Waals surface area contributed by atoms with Crippen molar-refractivity contribution in [1.29, 1.82) is 0 Å². The van der Waals surface area contributed by atoms with Gasteiger partial charge in [-0.3, -0.25) is 4.68 Å². The molecule has 1 aliphatic rings. The third kappa shape index (κ3) is 4.16. The number of aliphatic hydroxyl groups excluding tert-OH is 1. The lowest BCUT2D eigenvalue weighted by Crippen LogP contribution is -2.51. The smallest absolute Gasteiger partial charge is 0.126 e. The number of benzene rings is 1. The normalized spacial score (nSPS) is 24.0. The molecule has 2 N–H and O–H groups in total. The molecule has 0 amide bonds. The fraction of sp³-hybridized carbons (Fsp3) is 0.526. The summed E-state index contributed by atoms with van der Waals surface area (Å²) in [6.45, 7) is 5.68. The number of aryl methyl sites for hydroxylation is 2. The summed E-state index contributed by atoms with van der Waals surface area (Å²) in [6, 6.07) is 11.9. The summed E-state index contributed by atoms with van der Waals surface area (Å²) in [5, 5.41) is 18.6. The van der Waals surface area contributed by atoms with Gasteiger partial charge in [-0.25, -0.2) is 0 Å². The first-order chi connectivity index (χ1) is 11.6. The highest BCUT2D eigenvalue weighted by Crippen LogP contribution is 2.24. The van der Waals surface area contributed by atoms with Crippen LogP contribution >= 0.6 is 0 Å². The highest BCUT2D eigenvalue weighted by molar-refractivity contribution is 5.21. The van der Waals surface area contributed by atoms with Gasteiger partial charge < -0.3 is 15.2 Å². The minimum atomic E-state index is -0.487. The molecule has 24 heavy (non-hydrogen) atoms. The molecule has 1 heterocycles. The van der Waals surface area contributed by atoms with Gasteiger partial charge in [-0.15, -0.1) is 0 Å². The van der Waals surface area contributed by atoms with Crippen LogP contribution in [-0.4, -0.2) is 39.7 Å². The number of hydrogen-bond acceptors (Lipinski definition) is 4. The first-order valence-electron chi connectivity index (χ1n) is 8.77. The molecule has 5 nitrogen and oxygen atoms in total. The quantitative estimate of drug-likeness (QED) is 0.855. The second-order valence-electron chi connectivity index (χ2n) is 6.60. The zero-order valence-corrected chi connectivity index (χ0v) is 14.5. The number of hydrogen-bond donors (Lipinski definition) is 2. The average Bonchev–Trinajstić information content (AvgIpc) is 2.89. The minimum Gasteiger partial charge on any atom is -0.488 e. The van der Waals surface area contributed by atoms with E-state index in [4.69, 9.17) is 4.74 Å². The van der Waals surface area contributed by atoms with E-state index >= 15 is 0 Å². The van der Waals surface area contributed by atoms with Crippen LogP contribution < -0.4 is 10.1 Å². The van der Waals surface area contributed by atoms with Crippen LogP contribution in [0.4, 0.5) is 0 Å². The molecule has 1 aliphatic carbocycles. The molecule has 5 heteroatoms. The molecular formula is C19H27N3O2. The lowest BCUT2D eigenvalue weighted by atomic mass is 9.90. The van der Waals surface area contributed by atoms with Crippen molar-refractivity contribution in [3.05, 3.63) is 47.8 Å². The number of para-hydroxylation sites is 1. The maximum Gasteiger partial charge on any atom is 0.126 e. The highest BCUT2D eigenvalue weighted by Gasteiger charge is 2.32. The Morgan fingerprint density at radius 3 is 2.75 bits per heavy atom. The van der Waals surface area contributed by atoms with Crippen LogP contribution in [0.25, 0.3) is 0 Å². The zero-order valence-electron chi connectivity index (χ0n) is 14.5. The van der Waals surface area contributed by atoms with Crippen LogP contribution in [0.5, 0.6) is 5.75 Å². The number of nitrogens with zero attached hydrogens (tertiary/aromatic N) is 2. The van der Waals surface area contributed by atoms with E-state index in [1.807, 2.05) is 41.9 Å². The van der Waals surface area contributed by atoms with E-state index in [-0.39, 0.29) is 12.1 Å². The topological polar surface area (TPSA) is 59.3 Å². The van der Waals surface area contributed by atoms with Gasteiger partial charge >= 0.3 is 0 Å². The third-order valence-corrected chi connectivity index (χ3v) is 4.66. The summed E-state index contributed by atoms with van der Waals surface area (Å²) in [4.78, 5) is 0. The van der Waals surface area contributed by atoms with Gasteiger partial charge in [-0.1, -0.05) is 18.2 Å². The number of aliphatic hydroxyl groups is 1. The summed E-state index contributed by atoms with van der Waals surface area (Å²) in [7, 11) is 0. The van der Waals surface area contributed by atoms with E-state index in [0.29, 0.717) is 0 Å². The van der Waals surface area contributed by atoms with Crippen LogP contribution in [0.1, 0.15) is 30.7 Å². The van der Waals surface area contributed by atoms with Crippen LogP contribution in [0.3, 0.4) is 0 Å². The Kier molecular flexibility index (Phi) is 5.53. The molecule has 1 aromatic carbocycles. The molecule has 130 valence electrons. The van der Waals surface area contributed by atoms with Crippen LogP contribution in [0, 0.1) is 13.8 Å². The Bertz CT molecular complexity index is 641. The Morgan fingerprint density at radius 2 is 2.04 bits per heavy atom. The number of nitrogens with one attached hydrogen (secondary N) is 1. The van der Waals surface area contributed by atoms with E-state index in [1.54, 1.807) is 0 Å². The van der Waals surface area contributed by atoms with Crippen molar-refractivity contribution in [2.24, 2.45) is 0 Å². The van der Waals surface area contributed by atoms with E-state index in [1.165, 1.54) is 5.69 Å². The van der Waals surface area contributed by atoms with E-state index in [9.17, 15) is 5.11 Å². The van der Waals surface area contributed by atoms with Crippen LogP contribution in [0.15, 0.2) is 36.4 Å². The molecule has 3 rings (SSSR count). The van der Waals surface area contributed by atoms with Gasteiger partial charge in [0.2, 0.25) is 0 Å². The van der Waals surface area contributed by atoms with Crippen molar-refractivity contribution in [3.8, 4) is 5.75 Å². The van der Waals surface area contributed by atoms with Gasteiger partial charge in [0.15, 0.2) is 0 Å². The van der Waals surface area contributed by atoms with Crippen LogP contribution in [0.2, 0.25) is 0 Å². The molecule has 1 aromatic heterocycles. The molecule has 1 fully saturated rings. The lowest BCUT2D eigenvalue weighted by Gasteiger charge is -2.35. The SMILES string of the molecule is Cc1cc(C)n(CCN[C@H]2CCC[C@@H](Oc3ccccc3)[C@@H]2O)n1. The Labute approximate surface area is 143 Å². The molecule has 0 radical (unpaired) electrons. The van der Waals surface area contributed by atoms with Crippen molar-refractivity contribution in [1.82, 2.24) is 15.1 Å². The first-order valence-corrected chi connectivity index (χ1v) is 8.77. The lowest BCUT2D eigenvalue weighted by molar-refractivity contribution is -0.0154. The van der Waals surface area contributed by atoms with Gasteiger partial charge in [0.25, 0.3) is 0 Å². The van der Waals surface area contributed by atoms with Crippen molar-refractivity contribution in [2.75, 3.05) is 6.54 Å². The molecule has 0 unspecified atom stereocenters. The molecule has 0 bridgehead atoms. The predicted octanol–water partition coefficient (Wildman–Crippen LogP) is 2.45. The fourth-order valence-corrected chi connectivity index (χ4v) is 3.42. The standard InChI is InChI=1S/C19H27N3O2/c1-14-13-15(2)22(21-14)12-11-20-17-9-6-10-18(19(17)23)24-16-7-4-3-5-8-16/h3-5,7-8,13,17-20,23H,6,9-12H2,1-2H3/t17-,18+,19+/m0/s1. The summed E-state index contributed by atoms with van der Waals surface area (Å²) in [5.41, 5.74) is 2.21. The molecule has 2 aromatic rings. The molecule has 0 aliphatic heterocycles. The molecule has 0 saturated heterocycles. The average molecular weight is 329 g/mol. The molecule has 3 atom stereocenters. The summed E-state index contributed by atoms with van der Waals surface area (Å²) < 4.78 is 7.99. The van der Waals surface area contributed by atoms with Crippen molar-refractivity contribution < 1.29 is 9.84 Å². The largest absolute Gasteiger partial charge is 0.488 e. The van der Waals surface area contributed by atoms with Gasteiger partial charge in [0.05, 0.1) is 12.2 Å². The Morgan fingerprint density at radius 1 is 1.25 bits per heavy atom. The van der Waals surface area contributed by atoms with E-state index in [0.717, 1.165) is 43.8 Å². The summed E-state index contributed by atoms with van der Waals surface area (Å²) in [5.74, 6) is 0.824. The molecular weight excluding hydrogens is 302 g/mol. The Balaban J connectivity index is 1.51. The predicted molar refractivity (Wildman–Crippen MR) is 94.2 cm³/mol. The maximum absolute atomic E-state index is 10.6. The zero-order chi connectivity index (χ0) is 16.9. The Hall–Kier alpha value is -1.85. The number of ether oxygens (including phenoxy) is 1. The monoisotopic (exact) mass is 329 g/mol. The number of rotatable bonds is 6. The van der Waals surface area contributed by atoms with Crippen molar-refractivity contribution >= 4 is 0 Å². The highest BCUT2D eigenvalue weighted by atomic mass is 16.5. The second kappa shape index (κ2) is 7.81. The van der Waals surface area contributed by atoms with Crippen molar-refractivity contribution in [3.63, 3.8) is 0 Å². The van der Waals surface area contributed by atoms with Crippen molar-refractivity contribution in [2.45, 2.75) is 57.9 Å².